The number of hydrogen-bond donors (Lipinski definition) is 1. The summed E-state index contributed by atoms with van der Waals surface area (Å²) in [6.07, 6.45) is 0. The molecule has 116 valence electrons. The van der Waals surface area contributed by atoms with Gasteiger partial charge in [-0.1, -0.05) is 45.8 Å². The fourth-order valence-corrected chi connectivity index (χ4v) is 3.40. The maximum absolute atomic E-state index is 12.0. The van der Waals surface area contributed by atoms with Crippen LogP contribution in [-0.4, -0.2) is 11.7 Å². The summed E-state index contributed by atoms with van der Waals surface area (Å²) in [5.41, 5.74) is 4.73. The third-order valence-electron chi connectivity index (χ3n) is 3.43. The normalized spacial score (nSPS) is 10.5. The van der Waals surface area contributed by atoms with E-state index >= 15 is 0 Å². The van der Waals surface area contributed by atoms with Gasteiger partial charge in [-0.3, -0.25) is 4.79 Å². The van der Waals surface area contributed by atoms with Crippen molar-refractivity contribution in [3.05, 3.63) is 63.1 Å². The molecule has 0 bridgehead atoms. The van der Waals surface area contributed by atoms with E-state index in [0.29, 0.717) is 12.3 Å². The lowest BCUT2D eigenvalue weighted by molar-refractivity contribution is -0.118. The molecule has 2 aromatic carbocycles. The van der Waals surface area contributed by atoms with Gasteiger partial charge in [-0.2, -0.15) is 0 Å². The molecule has 22 heavy (non-hydrogen) atoms. The van der Waals surface area contributed by atoms with E-state index < -0.39 is 0 Å². The highest BCUT2D eigenvalue weighted by Crippen LogP contribution is 2.28. The molecule has 2 rings (SSSR count). The second-order valence-corrected chi connectivity index (χ2v) is 7.29. The lowest BCUT2D eigenvalue weighted by Crippen LogP contribution is -2.24. The Morgan fingerprint density at radius 2 is 1.77 bits per heavy atom. The highest BCUT2D eigenvalue weighted by atomic mass is 79.9. The molecule has 4 heteroatoms. The Balaban J connectivity index is 1.85. The summed E-state index contributed by atoms with van der Waals surface area (Å²) in [6.45, 7) is 6.77. The van der Waals surface area contributed by atoms with Crippen LogP contribution in [0.25, 0.3) is 0 Å². The zero-order valence-corrected chi connectivity index (χ0v) is 15.5. The molecular weight excluding hydrogens is 358 g/mol. The number of carbonyl (C=O) groups excluding carboxylic acids is 1. The van der Waals surface area contributed by atoms with Crippen molar-refractivity contribution in [3.63, 3.8) is 0 Å². The lowest BCUT2D eigenvalue weighted by Gasteiger charge is -2.09. The smallest absolute Gasteiger partial charge is 0.230 e. The first-order chi connectivity index (χ1) is 10.5. The van der Waals surface area contributed by atoms with E-state index in [4.69, 9.17) is 0 Å². The summed E-state index contributed by atoms with van der Waals surface area (Å²) in [5, 5.41) is 2.97. The molecule has 0 radical (unpaired) electrons. The van der Waals surface area contributed by atoms with Gasteiger partial charge in [-0.25, -0.2) is 0 Å². The Hall–Kier alpha value is -1.26. The minimum absolute atomic E-state index is 0.0607. The Bertz CT molecular complexity index is 668. The second kappa shape index (κ2) is 7.84. The lowest BCUT2D eigenvalue weighted by atomic mass is 10.1. The van der Waals surface area contributed by atoms with Crippen LogP contribution in [0.15, 0.2) is 45.8 Å². The van der Waals surface area contributed by atoms with Crippen LogP contribution >= 0.6 is 27.7 Å². The monoisotopic (exact) mass is 377 g/mol. The maximum Gasteiger partial charge on any atom is 0.230 e. The highest BCUT2D eigenvalue weighted by Gasteiger charge is 2.07. The Morgan fingerprint density at radius 3 is 2.45 bits per heavy atom. The minimum atomic E-state index is 0.0607. The average Bonchev–Trinajstić information content (AvgIpc) is 2.49. The Kier molecular flexibility index (Phi) is 6.09. The van der Waals surface area contributed by atoms with Crippen LogP contribution in [0.4, 0.5) is 0 Å². The van der Waals surface area contributed by atoms with Crippen molar-refractivity contribution in [2.45, 2.75) is 32.2 Å². The van der Waals surface area contributed by atoms with E-state index in [9.17, 15) is 4.79 Å². The van der Waals surface area contributed by atoms with Crippen molar-refractivity contribution in [2.75, 3.05) is 5.75 Å². The van der Waals surface area contributed by atoms with Crippen molar-refractivity contribution >= 4 is 33.6 Å². The first kappa shape index (κ1) is 17.1. The van der Waals surface area contributed by atoms with Crippen molar-refractivity contribution in [3.8, 4) is 0 Å². The molecule has 0 atom stereocenters. The zero-order chi connectivity index (χ0) is 16.1. The molecule has 1 N–H and O–H groups in total. The molecule has 0 saturated carbocycles. The molecule has 1 amide bonds. The van der Waals surface area contributed by atoms with Crippen LogP contribution < -0.4 is 5.32 Å². The molecular formula is C18H20BrNOS. The van der Waals surface area contributed by atoms with Gasteiger partial charge in [-0.05, 0) is 49.6 Å². The quantitative estimate of drug-likeness (QED) is 0.759. The maximum atomic E-state index is 12.0. The van der Waals surface area contributed by atoms with Crippen LogP contribution in [0.5, 0.6) is 0 Å². The third-order valence-corrected chi connectivity index (χ3v) is 5.44. The topological polar surface area (TPSA) is 29.1 Å². The molecule has 0 heterocycles. The van der Waals surface area contributed by atoms with E-state index in [-0.39, 0.29) is 5.91 Å². The van der Waals surface area contributed by atoms with Crippen molar-refractivity contribution < 1.29 is 4.79 Å². The molecule has 0 spiro atoms. The number of thioether (sulfide) groups is 1. The number of rotatable bonds is 5. The summed E-state index contributed by atoms with van der Waals surface area (Å²) < 4.78 is 1.11. The van der Waals surface area contributed by atoms with Gasteiger partial charge < -0.3 is 5.32 Å². The molecule has 0 unspecified atom stereocenters. The molecule has 0 aliphatic carbocycles. The molecule has 0 fully saturated rings. The minimum Gasteiger partial charge on any atom is -0.351 e. The standard InChI is InChI=1S/C18H20BrNOS/c1-12-4-6-15(7-5-12)10-20-18(21)11-22-17-9-13(2)16(19)8-14(17)3/h4-9H,10-11H2,1-3H3,(H,20,21). The molecule has 2 aromatic rings. The van der Waals surface area contributed by atoms with Crippen LogP contribution in [0.2, 0.25) is 0 Å². The van der Waals surface area contributed by atoms with Gasteiger partial charge in [0.1, 0.15) is 0 Å². The average molecular weight is 378 g/mol. The fraction of sp³-hybridized carbons (Fsp3) is 0.278. The number of benzene rings is 2. The number of aryl methyl sites for hydroxylation is 3. The number of carbonyl (C=O) groups is 1. The summed E-state index contributed by atoms with van der Waals surface area (Å²) in [7, 11) is 0. The van der Waals surface area contributed by atoms with Gasteiger partial charge in [-0.15, -0.1) is 11.8 Å². The van der Waals surface area contributed by atoms with E-state index in [0.717, 1.165) is 14.9 Å². The third kappa shape index (κ3) is 4.89. The summed E-state index contributed by atoms with van der Waals surface area (Å²) >= 11 is 5.11. The fourth-order valence-electron chi connectivity index (χ4n) is 2.01. The number of amides is 1. The van der Waals surface area contributed by atoms with Crippen molar-refractivity contribution in [2.24, 2.45) is 0 Å². The van der Waals surface area contributed by atoms with E-state index in [1.54, 1.807) is 11.8 Å². The molecule has 0 aliphatic rings. The Labute approximate surface area is 144 Å². The summed E-state index contributed by atoms with van der Waals surface area (Å²) in [4.78, 5) is 13.1. The van der Waals surface area contributed by atoms with E-state index in [1.807, 2.05) is 12.1 Å². The van der Waals surface area contributed by atoms with Crippen molar-refractivity contribution in [1.29, 1.82) is 0 Å². The van der Waals surface area contributed by atoms with Gasteiger partial charge in [0.15, 0.2) is 0 Å². The van der Waals surface area contributed by atoms with Gasteiger partial charge >= 0.3 is 0 Å². The van der Waals surface area contributed by atoms with E-state index in [2.05, 4.69) is 66.3 Å². The number of nitrogens with one attached hydrogen (secondary N) is 1. The zero-order valence-electron chi connectivity index (χ0n) is 13.1. The predicted molar refractivity (Wildman–Crippen MR) is 97.4 cm³/mol. The van der Waals surface area contributed by atoms with Gasteiger partial charge in [0.25, 0.3) is 0 Å². The molecule has 0 saturated heterocycles. The molecule has 0 aliphatic heterocycles. The van der Waals surface area contributed by atoms with Crippen LogP contribution in [0.3, 0.4) is 0 Å². The largest absolute Gasteiger partial charge is 0.351 e. The number of halogens is 1. The first-order valence-electron chi connectivity index (χ1n) is 7.17. The SMILES string of the molecule is Cc1ccc(CNC(=O)CSc2cc(C)c(Br)cc2C)cc1. The number of hydrogen-bond acceptors (Lipinski definition) is 2. The highest BCUT2D eigenvalue weighted by molar-refractivity contribution is 9.10. The van der Waals surface area contributed by atoms with Gasteiger partial charge in [0, 0.05) is 15.9 Å². The van der Waals surface area contributed by atoms with Gasteiger partial charge in [0.05, 0.1) is 5.75 Å². The summed E-state index contributed by atoms with van der Waals surface area (Å²) in [5.74, 6) is 0.499. The van der Waals surface area contributed by atoms with Crippen LogP contribution in [-0.2, 0) is 11.3 Å². The second-order valence-electron chi connectivity index (χ2n) is 5.42. The first-order valence-corrected chi connectivity index (χ1v) is 8.95. The summed E-state index contributed by atoms with van der Waals surface area (Å²) in [6, 6.07) is 12.4. The van der Waals surface area contributed by atoms with E-state index in [1.165, 1.54) is 16.7 Å². The van der Waals surface area contributed by atoms with Crippen molar-refractivity contribution in [1.82, 2.24) is 5.32 Å². The molecule has 0 aromatic heterocycles. The molecule has 2 nitrogen and oxygen atoms in total. The van der Waals surface area contributed by atoms with Crippen LogP contribution in [0.1, 0.15) is 22.3 Å². The van der Waals surface area contributed by atoms with Gasteiger partial charge in [0.2, 0.25) is 5.91 Å². The van der Waals surface area contributed by atoms with Crippen LogP contribution in [0, 0.1) is 20.8 Å². The predicted octanol–water partition coefficient (Wildman–Crippen LogP) is 4.78. The Morgan fingerprint density at radius 1 is 1.09 bits per heavy atom.